The highest BCUT2D eigenvalue weighted by Crippen LogP contribution is 2.13. The number of carbonyl (C=O) groups excluding carboxylic acids is 1. The zero-order valence-electron chi connectivity index (χ0n) is 11.5. The van der Waals surface area contributed by atoms with Crippen LogP contribution in [0.4, 0.5) is 0 Å². The predicted octanol–water partition coefficient (Wildman–Crippen LogP) is 1.32. The minimum absolute atomic E-state index is 0.265. The number of carbonyl (C=O) groups is 1. The summed E-state index contributed by atoms with van der Waals surface area (Å²) in [5.74, 6) is -0.145. The Hall–Kier alpha value is -1.85. The Kier molecular flexibility index (Phi) is 4.88. The van der Waals surface area contributed by atoms with E-state index in [0.717, 1.165) is 5.69 Å². The van der Waals surface area contributed by atoms with Gasteiger partial charge in [0.2, 0.25) is 0 Å². The number of hydrogen-bond acceptors (Lipinski definition) is 5. The van der Waals surface area contributed by atoms with Crippen molar-refractivity contribution in [1.29, 1.82) is 0 Å². The van der Waals surface area contributed by atoms with Crippen LogP contribution >= 0.6 is 0 Å². The van der Waals surface area contributed by atoms with Gasteiger partial charge in [-0.15, -0.1) is 5.10 Å². The third-order valence-corrected chi connectivity index (χ3v) is 2.21. The van der Waals surface area contributed by atoms with Crippen LogP contribution in [0.2, 0.25) is 0 Å². The molecule has 0 atom stereocenters. The molecule has 0 spiro atoms. The maximum absolute atomic E-state index is 11.9. The van der Waals surface area contributed by atoms with Crippen molar-refractivity contribution in [3.63, 3.8) is 0 Å². The Labute approximate surface area is 107 Å². The first kappa shape index (κ1) is 14.2. The van der Waals surface area contributed by atoms with Crippen molar-refractivity contribution in [2.24, 2.45) is 0 Å². The van der Waals surface area contributed by atoms with Crippen LogP contribution in [0.15, 0.2) is 12.4 Å². The fraction of sp³-hybridized carbons (Fsp3) is 0.583. The lowest BCUT2D eigenvalue weighted by molar-refractivity contribution is -0.136. The second kappa shape index (κ2) is 6.18. The first-order chi connectivity index (χ1) is 8.45. The van der Waals surface area contributed by atoms with E-state index in [0.29, 0.717) is 12.3 Å². The number of rotatable bonds is 5. The first-order valence-corrected chi connectivity index (χ1v) is 5.93. The van der Waals surface area contributed by atoms with Gasteiger partial charge >= 0.3 is 5.97 Å². The molecular weight excluding hydrogens is 232 g/mol. The molecule has 0 radical (unpaired) electrons. The van der Waals surface area contributed by atoms with Gasteiger partial charge in [0.15, 0.2) is 5.70 Å². The Morgan fingerprint density at radius 2 is 2.22 bits per heavy atom. The normalized spacial score (nSPS) is 11.8. The summed E-state index contributed by atoms with van der Waals surface area (Å²) in [4.78, 5) is 13.6. The van der Waals surface area contributed by atoms with Crippen LogP contribution in [-0.4, -0.2) is 46.6 Å². The molecule has 0 saturated carbocycles. The highest BCUT2D eigenvalue weighted by atomic mass is 16.5. The summed E-state index contributed by atoms with van der Waals surface area (Å²) in [6.45, 7) is 6.14. The summed E-state index contributed by atoms with van der Waals surface area (Å²) in [6, 6.07) is 0. The highest BCUT2D eigenvalue weighted by Gasteiger charge is 2.16. The van der Waals surface area contributed by atoms with Crippen LogP contribution < -0.4 is 0 Å². The van der Waals surface area contributed by atoms with Gasteiger partial charge in [0.1, 0.15) is 0 Å². The van der Waals surface area contributed by atoms with Crippen LogP contribution in [0.1, 0.15) is 32.4 Å². The molecule has 0 N–H and O–H groups in total. The van der Waals surface area contributed by atoms with Gasteiger partial charge in [-0.3, -0.25) is 0 Å². The van der Waals surface area contributed by atoms with Crippen LogP contribution in [0.25, 0.3) is 5.70 Å². The molecule has 0 aliphatic rings. The molecule has 18 heavy (non-hydrogen) atoms. The second-order valence-electron chi connectivity index (χ2n) is 4.44. The first-order valence-electron chi connectivity index (χ1n) is 5.93. The number of hydrogen-bond donors (Lipinski definition) is 0. The molecule has 0 bridgehead atoms. The Morgan fingerprint density at radius 3 is 2.67 bits per heavy atom. The minimum atomic E-state index is -0.411. The average molecular weight is 252 g/mol. The van der Waals surface area contributed by atoms with Gasteiger partial charge in [0.05, 0.1) is 18.5 Å². The van der Waals surface area contributed by atoms with Crippen molar-refractivity contribution in [1.82, 2.24) is 19.9 Å². The quantitative estimate of drug-likeness (QED) is 0.584. The van der Waals surface area contributed by atoms with Crippen molar-refractivity contribution in [3.8, 4) is 0 Å². The molecule has 6 heteroatoms. The van der Waals surface area contributed by atoms with Gasteiger partial charge in [0, 0.05) is 20.3 Å². The van der Waals surface area contributed by atoms with Crippen LogP contribution in [0, 0.1) is 0 Å². The molecule has 1 aromatic rings. The molecule has 0 fully saturated rings. The summed E-state index contributed by atoms with van der Waals surface area (Å²) in [5, 5.41) is 8.00. The zero-order valence-corrected chi connectivity index (χ0v) is 11.5. The molecule has 0 unspecified atom stereocenters. The molecule has 0 aromatic carbocycles. The van der Waals surface area contributed by atoms with Crippen LogP contribution in [0.5, 0.6) is 0 Å². The molecule has 0 aliphatic heterocycles. The molecule has 1 heterocycles. The topological polar surface area (TPSA) is 60.2 Å². The van der Waals surface area contributed by atoms with Gasteiger partial charge in [-0.2, -0.15) is 0 Å². The lowest BCUT2D eigenvalue weighted by atomic mass is 10.2. The standard InChI is InChI=1S/C12H20N4O2/c1-6-18-12(17)11(8-15(4)5)16-7-10(9(2)3)13-14-16/h7-9H,6H2,1-5H3. The van der Waals surface area contributed by atoms with E-state index in [1.165, 1.54) is 4.68 Å². The predicted molar refractivity (Wildman–Crippen MR) is 68.7 cm³/mol. The summed E-state index contributed by atoms with van der Waals surface area (Å²) in [6.07, 6.45) is 3.41. The van der Waals surface area contributed by atoms with E-state index >= 15 is 0 Å². The van der Waals surface area contributed by atoms with E-state index in [4.69, 9.17) is 4.74 Å². The molecular formula is C12H20N4O2. The average Bonchev–Trinajstić information content (AvgIpc) is 2.75. The van der Waals surface area contributed by atoms with Gasteiger partial charge < -0.3 is 9.64 Å². The number of aromatic nitrogens is 3. The Bertz CT molecular complexity index is 435. The molecule has 100 valence electrons. The summed E-state index contributed by atoms with van der Waals surface area (Å²) < 4.78 is 6.46. The van der Waals surface area contributed by atoms with Crippen molar-refractivity contribution >= 4 is 11.7 Å². The summed E-state index contributed by atoms with van der Waals surface area (Å²) in [7, 11) is 3.67. The molecule has 0 aliphatic carbocycles. The lowest BCUT2D eigenvalue weighted by Crippen LogP contribution is -2.16. The number of nitrogens with zero attached hydrogens (tertiary/aromatic N) is 4. The maximum Gasteiger partial charge on any atom is 0.358 e. The van der Waals surface area contributed by atoms with Gasteiger partial charge in [-0.1, -0.05) is 19.1 Å². The fourth-order valence-electron chi connectivity index (χ4n) is 1.31. The van der Waals surface area contributed by atoms with E-state index in [9.17, 15) is 4.79 Å². The number of esters is 1. The van der Waals surface area contributed by atoms with Gasteiger partial charge in [-0.25, -0.2) is 9.48 Å². The SMILES string of the molecule is CCOC(=O)C(=CN(C)C)n1cc(C(C)C)nn1. The number of ether oxygens (including phenoxy) is 1. The largest absolute Gasteiger partial charge is 0.461 e. The maximum atomic E-state index is 11.9. The molecule has 0 saturated heterocycles. The van der Waals surface area contributed by atoms with Crippen molar-refractivity contribution in [3.05, 3.63) is 18.1 Å². The fourth-order valence-corrected chi connectivity index (χ4v) is 1.31. The van der Waals surface area contributed by atoms with E-state index in [1.807, 2.05) is 27.9 Å². The van der Waals surface area contributed by atoms with E-state index in [1.54, 1.807) is 24.2 Å². The molecule has 0 amide bonds. The molecule has 6 nitrogen and oxygen atoms in total. The van der Waals surface area contributed by atoms with Crippen LogP contribution in [0.3, 0.4) is 0 Å². The minimum Gasteiger partial charge on any atom is -0.461 e. The van der Waals surface area contributed by atoms with Crippen LogP contribution in [-0.2, 0) is 9.53 Å². The highest BCUT2D eigenvalue weighted by molar-refractivity contribution is 6.09. The smallest absolute Gasteiger partial charge is 0.358 e. The van der Waals surface area contributed by atoms with E-state index < -0.39 is 5.97 Å². The third-order valence-electron chi connectivity index (χ3n) is 2.21. The second-order valence-corrected chi connectivity index (χ2v) is 4.44. The summed E-state index contributed by atoms with van der Waals surface area (Å²) in [5.41, 5.74) is 1.19. The van der Waals surface area contributed by atoms with Gasteiger partial charge in [0.25, 0.3) is 0 Å². The van der Waals surface area contributed by atoms with E-state index in [-0.39, 0.29) is 5.92 Å². The Morgan fingerprint density at radius 1 is 1.56 bits per heavy atom. The zero-order chi connectivity index (χ0) is 13.7. The molecule has 1 aromatic heterocycles. The lowest BCUT2D eigenvalue weighted by Gasteiger charge is -2.10. The summed E-state index contributed by atoms with van der Waals surface area (Å²) >= 11 is 0. The van der Waals surface area contributed by atoms with Crippen molar-refractivity contribution in [2.75, 3.05) is 20.7 Å². The molecule has 1 rings (SSSR count). The van der Waals surface area contributed by atoms with Crippen molar-refractivity contribution in [2.45, 2.75) is 26.7 Å². The monoisotopic (exact) mass is 252 g/mol. The van der Waals surface area contributed by atoms with E-state index in [2.05, 4.69) is 10.3 Å². The van der Waals surface area contributed by atoms with Gasteiger partial charge in [-0.05, 0) is 12.8 Å². The van der Waals surface area contributed by atoms with Crippen molar-refractivity contribution < 1.29 is 9.53 Å². The Balaban J connectivity index is 3.06. The third kappa shape index (κ3) is 3.58.